The normalized spacial score (nSPS) is 13.6. The summed E-state index contributed by atoms with van der Waals surface area (Å²) in [5.41, 5.74) is 4.61. The van der Waals surface area contributed by atoms with Crippen molar-refractivity contribution in [2.75, 3.05) is 0 Å². The molecule has 0 aliphatic heterocycles. The van der Waals surface area contributed by atoms with Crippen molar-refractivity contribution in [2.45, 2.75) is 66.9 Å². The number of thiazole rings is 1. The van der Waals surface area contributed by atoms with Crippen molar-refractivity contribution < 1.29 is 9.53 Å². The number of carbonyl (C=O) groups is 1. The van der Waals surface area contributed by atoms with Crippen LogP contribution in [0.5, 0.6) is 0 Å². The highest BCUT2D eigenvalue weighted by Gasteiger charge is 2.13. The molecule has 0 saturated heterocycles. The van der Waals surface area contributed by atoms with Crippen LogP contribution in [0.4, 0.5) is 0 Å². The Balaban J connectivity index is 2.76. The highest BCUT2D eigenvalue weighted by Crippen LogP contribution is 2.19. The van der Waals surface area contributed by atoms with Gasteiger partial charge in [0.25, 0.3) is 0 Å². The molecule has 1 unspecified atom stereocenters. The van der Waals surface area contributed by atoms with E-state index in [9.17, 15) is 4.79 Å². The maximum Gasteiger partial charge on any atom is 0.303 e. The molecule has 0 spiro atoms. The molecule has 0 saturated carbocycles. The summed E-state index contributed by atoms with van der Waals surface area (Å²) in [4.78, 5) is 15.9. The molecular weight excluding hydrogens is 318 g/mol. The van der Waals surface area contributed by atoms with Crippen molar-refractivity contribution in [1.29, 1.82) is 0 Å². The van der Waals surface area contributed by atoms with Gasteiger partial charge in [0, 0.05) is 18.7 Å². The Morgan fingerprint density at radius 3 is 2.50 bits per heavy atom. The molecule has 1 aromatic rings. The van der Waals surface area contributed by atoms with E-state index in [1.807, 2.05) is 25.3 Å². The molecule has 1 aromatic heterocycles. The third kappa shape index (κ3) is 8.25. The number of hydrogen-bond acceptors (Lipinski definition) is 4. The second kappa shape index (κ2) is 10.2. The number of ether oxygens (including phenoxy) is 1. The Morgan fingerprint density at radius 1 is 1.25 bits per heavy atom. The summed E-state index contributed by atoms with van der Waals surface area (Å²) in [6, 6.07) is 0. The summed E-state index contributed by atoms with van der Waals surface area (Å²) in [6.07, 6.45) is 8.98. The fraction of sp³-hybridized carbons (Fsp3) is 0.500. The monoisotopic (exact) mass is 347 g/mol. The third-order valence-electron chi connectivity index (χ3n) is 3.60. The van der Waals surface area contributed by atoms with Crippen molar-refractivity contribution in [1.82, 2.24) is 4.98 Å². The van der Waals surface area contributed by atoms with Crippen LogP contribution in [0, 0.1) is 6.92 Å². The van der Waals surface area contributed by atoms with Gasteiger partial charge in [0.1, 0.15) is 6.10 Å². The quantitative estimate of drug-likeness (QED) is 0.436. The summed E-state index contributed by atoms with van der Waals surface area (Å²) in [7, 11) is 0. The Labute approximate surface area is 150 Å². The lowest BCUT2D eigenvalue weighted by Crippen LogP contribution is -2.17. The molecule has 132 valence electrons. The van der Waals surface area contributed by atoms with E-state index in [1.165, 1.54) is 18.1 Å². The van der Waals surface area contributed by atoms with Gasteiger partial charge in [-0.15, -0.1) is 11.3 Å². The van der Waals surface area contributed by atoms with Crippen LogP contribution in [0.1, 0.15) is 64.6 Å². The van der Waals surface area contributed by atoms with E-state index in [0.29, 0.717) is 6.42 Å². The standard InChI is InChI=1S/C20H29NO2S/c1-14(2)8-7-9-15(3)10-11-20(23-18(6)22)16(4)12-19-13-24-17(5)21-19/h8,10,12-13,20H,7,9,11H2,1-6H3/b15-10-,16-12+. The van der Waals surface area contributed by atoms with Gasteiger partial charge < -0.3 is 4.74 Å². The maximum atomic E-state index is 11.4. The molecule has 0 fully saturated rings. The second-order valence-electron chi connectivity index (χ2n) is 6.38. The lowest BCUT2D eigenvalue weighted by Gasteiger charge is -2.16. The van der Waals surface area contributed by atoms with Gasteiger partial charge in [-0.1, -0.05) is 23.3 Å². The Kier molecular flexibility index (Phi) is 8.69. The van der Waals surface area contributed by atoms with E-state index >= 15 is 0 Å². The predicted octanol–water partition coefficient (Wildman–Crippen LogP) is 5.87. The molecule has 1 rings (SSSR count). The largest absolute Gasteiger partial charge is 0.458 e. The van der Waals surface area contributed by atoms with Gasteiger partial charge in [0.05, 0.1) is 10.7 Å². The van der Waals surface area contributed by atoms with Gasteiger partial charge in [0.15, 0.2) is 0 Å². The van der Waals surface area contributed by atoms with Crippen LogP contribution in [0.25, 0.3) is 6.08 Å². The zero-order valence-corrected chi connectivity index (χ0v) is 16.5. The molecule has 4 heteroatoms. The molecule has 0 N–H and O–H groups in total. The highest BCUT2D eigenvalue weighted by atomic mass is 32.1. The zero-order chi connectivity index (χ0) is 18.1. The van der Waals surface area contributed by atoms with Crippen molar-refractivity contribution >= 4 is 23.4 Å². The Morgan fingerprint density at radius 2 is 1.96 bits per heavy atom. The average Bonchev–Trinajstić information content (AvgIpc) is 2.87. The molecule has 0 aromatic carbocycles. The lowest BCUT2D eigenvalue weighted by molar-refractivity contribution is -0.144. The van der Waals surface area contributed by atoms with Crippen LogP contribution in [0.15, 0.2) is 34.3 Å². The fourth-order valence-corrected chi connectivity index (χ4v) is 2.87. The van der Waals surface area contributed by atoms with E-state index in [2.05, 4.69) is 37.9 Å². The van der Waals surface area contributed by atoms with E-state index in [0.717, 1.165) is 29.1 Å². The zero-order valence-electron chi connectivity index (χ0n) is 15.7. The minimum absolute atomic E-state index is 0.233. The molecule has 1 atom stereocenters. The van der Waals surface area contributed by atoms with E-state index < -0.39 is 0 Å². The van der Waals surface area contributed by atoms with Gasteiger partial charge >= 0.3 is 5.97 Å². The number of rotatable bonds is 8. The second-order valence-corrected chi connectivity index (χ2v) is 7.45. The van der Waals surface area contributed by atoms with Crippen molar-refractivity contribution in [2.24, 2.45) is 0 Å². The third-order valence-corrected chi connectivity index (χ3v) is 4.39. The van der Waals surface area contributed by atoms with E-state index in [1.54, 1.807) is 11.3 Å². The van der Waals surface area contributed by atoms with Gasteiger partial charge in [-0.05, 0) is 59.1 Å². The first kappa shape index (κ1) is 20.4. The first-order valence-electron chi connectivity index (χ1n) is 8.34. The van der Waals surface area contributed by atoms with Crippen LogP contribution in [-0.2, 0) is 9.53 Å². The molecule has 0 amide bonds. The molecule has 0 bridgehead atoms. The number of aryl methyl sites for hydroxylation is 1. The lowest BCUT2D eigenvalue weighted by atomic mass is 10.0. The topological polar surface area (TPSA) is 39.2 Å². The van der Waals surface area contributed by atoms with E-state index in [4.69, 9.17) is 4.74 Å². The van der Waals surface area contributed by atoms with E-state index in [-0.39, 0.29) is 12.1 Å². The number of hydrogen-bond donors (Lipinski definition) is 0. The molecule has 1 heterocycles. The van der Waals surface area contributed by atoms with Crippen LogP contribution < -0.4 is 0 Å². The molecule has 3 nitrogen and oxygen atoms in total. The van der Waals surface area contributed by atoms with Crippen LogP contribution in [0.2, 0.25) is 0 Å². The fourth-order valence-electron chi connectivity index (χ4n) is 2.30. The minimum atomic E-state index is -0.252. The number of esters is 1. The average molecular weight is 348 g/mol. The van der Waals surface area contributed by atoms with Gasteiger partial charge in [-0.25, -0.2) is 4.98 Å². The number of nitrogens with zero attached hydrogens (tertiary/aromatic N) is 1. The molecule has 0 aliphatic rings. The van der Waals surface area contributed by atoms with Gasteiger partial charge in [-0.3, -0.25) is 4.79 Å². The summed E-state index contributed by atoms with van der Waals surface area (Å²) in [6.45, 7) is 11.8. The number of allylic oxidation sites excluding steroid dienone is 3. The van der Waals surface area contributed by atoms with Crippen molar-refractivity contribution in [3.8, 4) is 0 Å². The van der Waals surface area contributed by atoms with Crippen LogP contribution in [-0.4, -0.2) is 17.1 Å². The van der Waals surface area contributed by atoms with Crippen LogP contribution in [0.3, 0.4) is 0 Å². The molecular formula is C20H29NO2S. The first-order valence-corrected chi connectivity index (χ1v) is 9.22. The summed E-state index contributed by atoms with van der Waals surface area (Å²) >= 11 is 1.62. The Hall–Kier alpha value is -1.68. The number of carbonyl (C=O) groups excluding carboxylic acids is 1. The smallest absolute Gasteiger partial charge is 0.303 e. The first-order chi connectivity index (χ1) is 11.3. The van der Waals surface area contributed by atoms with Crippen molar-refractivity contribution in [3.63, 3.8) is 0 Å². The van der Waals surface area contributed by atoms with Crippen molar-refractivity contribution in [3.05, 3.63) is 45.0 Å². The molecule has 0 aliphatic carbocycles. The van der Waals surface area contributed by atoms with Crippen LogP contribution >= 0.6 is 11.3 Å². The molecule has 24 heavy (non-hydrogen) atoms. The highest BCUT2D eigenvalue weighted by molar-refractivity contribution is 7.09. The maximum absolute atomic E-state index is 11.4. The van der Waals surface area contributed by atoms with Gasteiger partial charge in [0.2, 0.25) is 0 Å². The summed E-state index contributed by atoms with van der Waals surface area (Å²) in [5.74, 6) is -0.252. The number of aromatic nitrogens is 1. The summed E-state index contributed by atoms with van der Waals surface area (Å²) < 4.78 is 5.50. The molecule has 0 radical (unpaired) electrons. The SMILES string of the molecule is CC(=O)OC(C/C=C(/C)CCC=C(C)C)/C(C)=C/c1csc(C)n1. The summed E-state index contributed by atoms with van der Waals surface area (Å²) in [5, 5.41) is 3.05. The van der Waals surface area contributed by atoms with Gasteiger partial charge in [-0.2, -0.15) is 0 Å². The minimum Gasteiger partial charge on any atom is -0.458 e. The Bertz CT molecular complexity index is 634. The predicted molar refractivity (Wildman–Crippen MR) is 103 cm³/mol.